The van der Waals surface area contributed by atoms with E-state index in [0.29, 0.717) is 13.1 Å². The number of hydrogen-bond acceptors (Lipinski definition) is 5. The SMILES string of the molecule is N#Cc1ccc(S(=O)(=O)N2CCCC(N)C2)cn1. The lowest BCUT2D eigenvalue weighted by atomic mass is 10.1. The number of nitriles is 1. The first-order valence-electron chi connectivity index (χ1n) is 5.66. The summed E-state index contributed by atoms with van der Waals surface area (Å²) in [6.07, 6.45) is 2.83. The van der Waals surface area contributed by atoms with E-state index in [9.17, 15) is 8.42 Å². The summed E-state index contributed by atoms with van der Waals surface area (Å²) >= 11 is 0. The molecule has 0 radical (unpaired) electrons. The normalized spacial score (nSPS) is 21.4. The number of piperidine rings is 1. The van der Waals surface area contributed by atoms with Crippen LogP contribution in [-0.2, 0) is 10.0 Å². The number of nitrogens with zero attached hydrogens (tertiary/aromatic N) is 3. The summed E-state index contributed by atoms with van der Waals surface area (Å²) in [7, 11) is -3.54. The number of hydrogen-bond donors (Lipinski definition) is 1. The second-order valence-electron chi connectivity index (χ2n) is 4.26. The Labute approximate surface area is 106 Å². The Hall–Kier alpha value is -1.49. The Morgan fingerprint density at radius 3 is 2.83 bits per heavy atom. The summed E-state index contributed by atoms with van der Waals surface area (Å²) in [6, 6.07) is 4.54. The van der Waals surface area contributed by atoms with E-state index in [2.05, 4.69) is 4.98 Å². The van der Waals surface area contributed by atoms with E-state index in [1.165, 1.54) is 22.6 Å². The van der Waals surface area contributed by atoms with Crippen molar-refractivity contribution in [1.82, 2.24) is 9.29 Å². The van der Waals surface area contributed by atoms with Crippen LogP contribution in [0.3, 0.4) is 0 Å². The molecule has 1 aliphatic heterocycles. The predicted octanol–water partition coefficient (Wildman–Crippen LogP) is 0.0651. The van der Waals surface area contributed by atoms with Gasteiger partial charge in [0.15, 0.2) is 0 Å². The van der Waals surface area contributed by atoms with Gasteiger partial charge in [-0.25, -0.2) is 13.4 Å². The monoisotopic (exact) mass is 266 g/mol. The van der Waals surface area contributed by atoms with Crippen molar-refractivity contribution in [2.75, 3.05) is 13.1 Å². The van der Waals surface area contributed by atoms with Crippen LogP contribution in [0.2, 0.25) is 0 Å². The van der Waals surface area contributed by atoms with Gasteiger partial charge in [0.1, 0.15) is 16.7 Å². The largest absolute Gasteiger partial charge is 0.327 e. The van der Waals surface area contributed by atoms with Crippen LogP contribution in [0, 0.1) is 11.3 Å². The fourth-order valence-electron chi connectivity index (χ4n) is 1.94. The number of rotatable bonds is 2. The van der Waals surface area contributed by atoms with Crippen molar-refractivity contribution in [3.63, 3.8) is 0 Å². The summed E-state index contributed by atoms with van der Waals surface area (Å²) in [5.74, 6) is 0. The summed E-state index contributed by atoms with van der Waals surface area (Å²) in [5.41, 5.74) is 5.98. The maximum atomic E-state index is 12.3. The van der Waals surface area contributed by atoms with E-state index in [4.69, 9.17) is 11.0 Å². The maximum absolute atomic E-state index is 12.3. The zero-order valence-electron chi connectivity index (χ0n) is 9.78. The van der Waals surface area contributed by atoms with Crippen molar-refractivity contribution in [1.29, 1.82) is 5.26 Å². The molecule has 1 atom stereocenters. The van der Waals surface area contributed by atoms with Crippen LogP contribution in [0.1, 0.15) is 18.5 Å². The molecule has 0 saturated carbocycles. The molecule has 1 aromatic rings. The quantitative estimate of drug-likeness (QED) is 0.816. The average Bonchev–Trinajstić information content (AvgIpc) is 2.39. The lowest BCUT2D eigenvalue weighted by molar-refractivity contribution is 0.316. The Morgan fingerprint density at radius 2 is 2.28 bits per heavy atom. The second kappa shape index (κ2) is 5.02. The molecule has 1 saturated heterocycles. The topological polar surface area (TPSA) is 100 Å². The fraction of sp³-hybridized carbons (Fsp3) is 0.455. The van der Waals surface area contributed by atoms with E-state index in [0.717, 1.165) is 12.8 Å². The maximum Gasteiger partial charge on any atom is 0.244 e. The van der Waals surface area contributed by atoms with Gasteiger partial charge in [-0.15, -0.1) is 0 Å². The Kier molecular flexibility index (Phi) is 3.61. The van der Waals surface area contributed by atoms with Crippen molar-refractivity contribution >= 4 is 10.0 Å². The van der Waals surface area contributed by atoms with Gasteiger partial charge in [-0.1, -0.05) is 0 Å². The number of pyridine rings is 1. The highest BCUT2D eigenvalue weighted by molar-refractivity contribution is 7.89. The molecule has 0 bridgehead atoms. The molecule has 0 aromatic carbocycles. The van der Waals surface area contributed by atoms with Crippen molar-refractivity contribution in [3.05, 3.63) is 24.0 Å². The first-order chi connectivity index (χ1) is 8.54. The molecule has 6 nitrogen and oxygen atoms in total. The van der Waals surface area contributed by atoms with E-state index >= 15 is 0 Å². The zero-order valence-corrected chi connectivity index (χ0v) is 10.6. The molecule has 1 aliphatic rings. The van der Waals surface area contributed by atoms with Crippen molar-refractivity contribution in [3.8, 4) is 6.07 Å². The van der Waals surface area contributed by atoms with Gasteiger partial charge in [0, 0.05) is 25.3 Å². The highest BCUT2D eigenvalue weighted by atomic mass is 32.2. The van der Waals surface area contributed by atoms with Crippen LogP contribution in [0.4, 0.5) is 0 Å². The van der Waals surface area contributed by atoms with Crippen LogP contribution in [-0.4, -0.2) is 36.8 Å². The van der Waals surface area contributed by atoms with Crippen LogP contribution >= 0.6 is 0 Å². The van der Waals surface area contributed by atoms with Gasteiger partial charge < -0.3 is 5.73 Å². The molecule has 18 heavy (non-hydrogen) atoms. The average molecular weight is 266 g/mol. The fourth-order valence-corrected chi connectivity index (χ4v) is 3.42. The molecule has 7 heteroatoms. The minimum absolute atomic E-state index is 0.107. The summed E-state index contributed by atoms with van der Waals surface area (Å²) in [6.45, 7) is 0.818. The molecule has 96 valence electrons. The van der Waals surface area contributed by atoms with Gasteiger partial charge >= 0.3 is 0 Å². The lowest BCUT2D eigenvalue weighted by Gasteiger charge is -2.29. The molecule has 1 fully saturated rings. The van der Waals surface area contributed by atoms with Gasteiger partial charge in [0.2, 0.25) is 10.0 Å². The summed E-state index contributed by atoms with van der Waals surface area (Å²) < 4.78 is 25.9. The molecule has 2 N–H and O–H groups in total. The Bertz CT molecular complexity index is 562. The first kappa shape index (κ1) is 13.0. The lowest BCUT2D eigenvalue weighted by Crippen LogP contribution is -2.45. The van der Waals surface area contributed by atoms with Crippen molar-refractivity contribution in [2.24, 2.45) is 5.73 Å². The van der Waals surface area contributed by atoms with Crippen LogP contribution in [0.5, 0.6) is 0 Å². The van der Waals surface area contributed by atoms with Crippen molar-refractivity contribution < 1.29 is 8.42 Å². The zero-order chi connectivity index (χ0) is 13.2. The van der Waals surface area contributed by atoms with Crippen LogP contribution in [0.15, 0.2) is 23.2 Å². The second-order valence-corrected chi connectivity index (χ2v) is 6.19. The van der Waals surface area contributed by atoms with Gasteiger partial charge in [-0.3, -0.25) is 0 Å². The summed E-state index contributed by atoms with van der Waals surface area (Å²) in [4.78, 5) is 3.89. The molecule has 2 heterocycles. The molecule has 0 aliphatic carbocycles. The molecule has 0 amide bonds. The molecule has 1 unspecified atom stereocenters. The molecule has 0 spiro atoms. The van der Waals surface area contributed by atoms with Crippen molar-refractivity contribution in [2.45, 2.75) is 23.8 Å². The third-order valence-electron chi connectivity index (χ3n) is 2.91. The minimum atomic E-state index is -3.54. The molecule has 2 rings (SSSR count). The van der Waals surface area contributed by atoms with Crippen LogP contribution < -0.4 is 5.73 Å². The van der Waals surface area contributed by atoms with Crippen LogP contribution in [0.25, 0.3) is 0 Å². The number of sulfonamides is 1. The third kappa shape index (κ3) is 2.51. The van der Waals surface area contributed by atoms with E-state index in [1.807, 2.05) is 6.07 Å². The Morgan fingerprint density at radius 1 is 1.50 bits per heavy atom. The smallest absolute Gasteiger partial charge is 0.244 e. The Balaban J connectivity index is 2.27. The summed E-state index contributed by atoms with van der Waals surface area (Å²) in [5, 5.41) is 8.63. The van der Waals surface area contributed by atoms with Gasteiger partial charge in [0.05, 0.1) is 0 Å². The molecule has 1 aromatic heterocycles. The number of aromatic nitrogens is 1. The van der Waals surface area contributed by atoms with E-state index < -0.39 is 10.0 Å². The third-order valence-corrected chi connectivity index (χ3v) is 4.76. The molecular weight excluding hydrogens is 252 g/mol. The minimum Gasteiger partial charge on any atom is -0.327 e. The highest BCUT2D eigenvalue weighted by Crippen LogP contribution is 2.19. The highest BCUT2D eigenvalue weighted by Gasteiger charge is 2.28. The molecular formula is C11H14N4O2S. The first-order valence-corrected chi connectivity index (χ1v) is 7.10. The van der Waals surface area contributed by atoms with Gasteiger partial charge in [0.25, 0.3) is 0 Å². The van der Waals surface area contributed by atoms with E-state index in [1.54, 1.807) is 0 Å². The van der Waals surface area contributed by atoms with Gasteiger partial charge in [-0.05, 0) is 25.0 Å². The van der Waals surface area contributed by atoms with E-state index in [-0.39, 0.29) is 16.6 Å². The van der Waals surface area contributed by atoms with Gasteiger partial charge in [-0.2, -0.15) is 9.57 Å². The number of nitrogens with two attached hydrogens (primary N) is 1. The predicted molar refractivity (Wildman–Crippen MR) is 64.9 cm³/mol. The standard InChI is InChI=1S/C11H14N4O2S/c12-6-10-3-4-11(7-14-10)18(16,17)15-5-1-2-9(13)8-15/h3-4,7,9H,1-2,5,8,13H2.